The minimum Gasteiger partial charge on any atom is -0.507 e. The molecule has 2 aromatic carbocycles. The fraction of sp³-hybridized carbons (Fsp3) is 0.357. The van der Waals surface area contributed by atoms with E-state index in [2.05, 4.69) is 6.58 Å². The Morgan fingerprint density at radius 2 is 1.97 bits per heavy atom. The highest BCUT2D eigenvalue weighted by Gasteiger charge is 2.45. The molecule has 2 heterocycles. The molecule has 1 amide bonds. The van der Waals surface area contributed by atoms with Crippen LogP contribution in [0, 0.1) is 0 Å². The number of carbonyl (C=O) groups is 2. The number of hydrogen-bond donors (Lipinski definition) is 1. The van der Waals surface area contributed by atoms with Gasteiger partial charge in [0.2, 0.25) is 0 Å². The van der Waals surface area contributed by atoms with Gasteiger partial charge in [0.25, 0.3) is 11.7 Å². The van der Waals surface area contributed by atoms with Crippen LogP contribution in [0.4, 0.5) is 0 Å². The molecule has 4 rings (SSSR count). The molecule has 0 saturated carbocycles. The fourth-order valence-electron chi connectivity index (χ4n) is 4.64. The number of carbonyl (C=O) groups excluding carboxylic acids is 2. The van der Waals surface area contributed by atoms with E-state index in [-0.39, 0.29) is 17.4 Å². The van der Waals surface area contributed by atoms with Crippen molar-refractivity contribution >= 4 is 17.4 Å². The molecule has 7 nitrogen and oxygen atoms in total. The van der Waals surface area contributed by atoms with Gasteiger partial charge in [-0.15, -0.1) is 0 Å². The zero-order chi connectivity index (χ0) is 25.1. The zero-order valence-electron chi connectivity index (χ0n) is 20.5. The summed E-state index contributed by atoms with van der Waals surface area (Å²) in [5, 5.41) is 11.3. The van der Waals surface area contributed by atoms with Crippen LogP contribution < -0.4 is 9.47 Å². The van der Waals surface area contributed by atoms with Gasteiger partial charge in [0, 0.05) is 18.5 Å². The van der Waals surface area contributed by atoms with Crippen LogP contribution in [0.1, 0.15) is 36.1 Å². The molecule has 0 aliphatic carbocycles. The molecule has 2 atom stereocenters. The summed E-state index contributed by atoms with van der Waals surface area (Å²) in [4.78, 5) is 29.9. The minimum absolute atomic E-state index is 0.0616. The summed E-state index contributed by atoms with van der Waals surface area (Å²) < 4.78 is 11.4. The molecule has 0 aromatic heterocycles. The lowest BCUT2D eigenvalue weighted by atomic mass is 9.94. The minimum atomic E-state index is -0.686. The normalized spacial score (nSPS) is 20.7. The van der Waals surface area contributed by atoms with Gasteiger partial charge in [0.15, 0.2) is 0 Å². The Morgan fingerprint density at radius 3 is 2.66 bits per heavy atom. The Labute approximate surface area is 206 Å². The van der Waals surface area contributed by atoms with Gasteiger partial charge >= 0.3 is 0 Å². The van der Waals surface area contributed by atoms with E-state index in [9.17, 15) is 14.7 Å². The van der Waals surface area contributed by atoms with E-state index in [4.69, 9.17) is 9.47 Å². The highest BCUT2D eigenvalue weighted by molar-refractivity contribution is 6.46. The highest BCUT2D eigenvalue weighted by atomic mass is 16.5. The quantitative estimate of drug-likeness (QED) is 0.256. The van der Waals surface area contributed by atoms with Gasteiger partial charge in [0.05, 0.1) is 11.6 Å². The van der Waals surface area contributed by atoms with E-state index in [0.29, 0.717) is 30.9 Å². The Kier molecular flexibility index (Phi) is 7.26. The fourth-order valence-corrected chi connectivity index (χ4v) is 4.64. The largest absolute Gasteiger partial charge is 0.507 e. The molecule has 2 aromatic rings. The maximum absolute atomic E-state index is 13.2. The number of ether oxygens (including phenoxy) is 2. The van der Waals surface area contributed by atoms with Gasteiger partial charge in [0.1, 0.15) is 30.0 Å². The molecule has 2 unspecified atom stereocenters. The van der Waals surface area contributed by atoms with Crippen molar-refractivity contribution in [1.29, 1.82) is 0 Å². The van der Waals surface area contributed by atoms with Crippen LogP contribution in [-0.2, 0) is 16.0 Å². The van der Waals surface area contributed by atoms with Crippen LogP contribution in [0.5, 0.6) is 11.5 Å². The number of Topliss-reactive ketones (excluding diaryl/α,β-unsaturated/α-hetero) is 1. The molecule has 2 aliphatic rings. The first-order chi connectivity index (χ1) is 16.8. The summed E-state index contributed by atoms with van der Waals surface area (Å²) in [6.45, 7) is 7.19. The molecular formula is C28H32N2O5. The Hall–Kier alpha value is -3.58. The summed E-state index contributed by atoms with van der Waals surface area (Å²) in [5.41, 5.74) is 2.32. The predicted molar refractivity (Wildman–Crippen MR) is 135 cm³/mol. The van der Waals surface area contributed by atoms with Gasteiger partial charge in [-0.2, -0.15) is 0 Å². The first-order valence-electron chi connectivity index (χ1n) is 11.9. The van der Waals surface area contributed by atoms with Gasteiger partial charge in [-0.05, 0) is 75.4 Å². The van der Waals surface area contributed by atoms with Crippen molar-refractivity contribution in [3.63, 3.8) is 0 Å². The summed E-state index contributed by atoms with van der Waals surface area (Å²) >= 11 is 0. The van der Waals surface area contributed by atoms with Gasteiger partial charge in [-0.3, -0.25) is 9.59 Å². The SMILES string of the molecule is C=CCOc1ccc(C2/C(=C(\O)c3ccc4c(c3)CC(C)O4)C(=O)C(=O)N2CCCN(C)C)cc1. The lowest BCUT2D eigenvalue weighted by molar-refractivity contribution is -0.139. The van der Waals surface area contributed by atoms with E-state index >= 15 is 0 Å². The number of aliphatic hydroxyl groups excluding tert-OH is 1. The van der Waals surface area contributed by atoms with Crippen LogP contribution in [0.15, 0.2) is 60.7 Å². The average Bonchev–Trinajstić information content (AvgIpc) is 3.33. The molecule has 1 saturated heterocycles. The topological polar surface area (TPSA) is 79.3 Å². The lowest BCUT2D eigenvalue weighted by Crippen LogP contribution is -2.32. The van der Waals surface area contributed by atoms with Crippen LogP contribution in [0.2, 0.25) is 0 Å². The average molecular weight is 477 g/mol. The van der Waals surface area contributed by atoms with Crippen molar-refractivity contribution in [2.75, 3.05) is 33.8 Å². The smallest absolute Gasteiger partial charge is 0.295 e. The molecule has 2 aliphatic heterocycles. The second-order valence-corrected chi connectivity index (χ2v) is 9.27. The third-order valence-corrected chi connectivity index (χ3v) is 6.28. The van der Waals surface area contributed by atoms with Crippen LogP contribution in [0.3, 0.4) is 0 Å². The summed E-state index contributed by atoms with van der Waals surface area (Å²) in [6, 6.07) is 12.0. The summed E-state index contributed by atoms with van der Waals surface area (Å²) in [7, 11) is 3.93. The second kappa shape index (κ2) is 10.4. The van der Waals surface area contributed by atoms with E-state index in [1.807, 2.05) is 50.2 Å². The monoisotopic (exact) mass is 476 g/mol. The standard InChI is InChI=1S/C28H32N2O5/c1-5-15-34-22-10-7-19(8-11-22)25-24(27(32)28(33)30(25)14-6-13-29(3)4)26(31)20-9-12-23-21(17-20)16-18(2)35-23/h5,7-12,17-18,25,31H,1,6,13-16H2,2-4H3/b26-24+. The number of benzene rings is 2. The number of likely N-dealkylation sites (tertiary alicyclic amines) is 1. The van der Waals surface area contributed by atoms with Crippen molar-refractivity contribution in [1.82, 2.24) is 9.80 Å². The van der Waals surface area contributed by atoms with Crippen molar-refractivity contribution in [2.24, 2.45) is 0 Å². The first-order valence-corrected chi connectivity index (χ1v) is 11.9. The van der Waals surface area contributed by atoms with Crippen LogP contribution in [0.25, 0.3) is 5.76 Å². The van der Waals surface area contributed by atoms with Gasteiger partial charge in [-0.25, -0.2) is 0 Å². The Morgan fingerprint density at radius 1 is 1.23 bits per heavy atom. The van der Waals surface area contributed by atoms with Crippen molar-refractivity contribution < 1.29 is 24.2 Å². The number of amides is 1. The summed E-state index contributed by atoms with van der Waals surface area (Å²) in [5.74, 6) is 0.00320. The first kappa shape index (κ1) is 24.5. The predicted octanol–water partition coefficient (Wildman–Crippen LogP) is 3.95. The zero-order valence-corrected chi connectivity index (χ0v) is 20.5. The van der Waals surface area contributed by atoms with Crippen molar-refractivity contribution in [2.45, 2.75) is 31.9 Å². The Bertz CT molecular complexity index is 1150. The van der Waals surface area contributed by atoms with Gasteiger partial charge in [-0.1, -0.05) is 24.8 Å². The van der Waals surface area contributed by atoms with E-state index < -0.39 is 17.7 Å². The maximum atomic E-state index is 13.2. The number of rotatable bonds is 9. The lowest BCUT2D eigenvalue weighted by Gasteiger charge is -2.26. The molecule has 7 heteroatoms. The van der Waals surface area contributed by atoms with Gasteiger partial charge < -0.3 is 24.4 Å². The molecule has 35 heavy (non-hydrogen) atoms. The molecule has 0 radical (unpaired) electrons. The number of ketones is 1. The molecule has 1 fully saturated rings. The van der Waals surface area contributed by atoms with Crippen molar-refractivity contribution in [3.8, 4) is 11.5 Å². The highest BCUT2D eigenvalue weighted by Crippen LogP contribution is 2.41. The van der Waals surface area contributed by atoms with E-state index in [0.717, 1.165) is 29.8 Å². The maximum Gasteiger partial charge on any atom is 0.295 e. The second-order valence-electron chi connectivity index (χ2n) is 9.27. The summed E-state index contributed by atoms with van der Waals surface area (Å²) in [6.07, 6.45) is 3.15. The number of nitrogens with zero attached hydrogens (tertiary/aromatic N) is 2. The third kappa shape index (κ3) is 5.10. The van der Waals surface area contributed by atoms with Crippen molar-refractivity contribution in [3.05, 3.63) is 77.4 Å². The molecule has 0 spiro atoms. The number of hydrogen-bond acceptors (Lipinski definition) is 6. The molecule has 0 bridgehead atoms. The van der Waals surface area contributed by atoms with Crippen LogP contribution >= 0.6 is 0 Å². The molecule has 184 valence electrons. The Balaban J connectivity index is 1.74. The molecule has 1 N–H and O–H groups in total. The van der Waals surface area contributed by atoms with E-state index in [1.54, 1.807) is 29.2 Å². The molecular weight excluding hydrogens is 444 g/mol. The van der Waals surface area contributed by atoms with E-state index in [1.165, 1.54) is 0 Å². The number of aliphatic hydroxyl groups is 1. The van der Waals surface area contributed by atoms with Crippen LogP contribution in [-0.4, -0.2) is 66.5 Å². The number of fused-ring (bicyclic) bond motifs is 1. The third-order valence-electron chi connectivity index (χ3n) is 6.28.